The van der Waals surface area contributed by atoms with Crippen molar-refractivity contribution in [2.45, 2.75) is 26.4 Å². The van der Waals surface area contributed by atoms with Crippen molar-refractivity contribution in [3.8, 4) is 5.75 Å². The standard InChI is InChI=1S/C17H19F2NO/c1-11(2)16(12-6-8-14(18)9-7-12)20-10-13-4-3-5-15(19)17(13)21/h3-9,11,16,20-21H,10H2,1-2H3. The second kappa shape index (κ2) is 6.68. The summed E-state index contributed by atoms with van der Waals surface area (Å²) in [6.45, 7) is 4.43. The third-order valence-corrected chi connectivity index (χ3v) is 3.48. The lowest BCUT2D eigenvalue weighted by Crippen LogP contribution is -2.25. The Bertz CT molecular complexity index is 596. The first kappa shape index (κ1) is 15.4. The molecule has 1 atom stereocenters. The molecular formula is C17H19F2NO. The van der Waals surface area contributed by atoms with Crippen LogP contribution < -0.4 is 5.32 Å². The van der Waals surface area contributed by atoms with E-state index in [1.54, 1.807) is 24.3 Å². The molecule has 2 aromatic rings. The van der Waals surface area contributed by atoms with Gasteiger partial charge in [-0.15, -0.1) is 0 Å². The maximum atomic E-state index is 13.3. The van der Waals surface area contributed by atoms with Crippen LogP contribution in [0.15, 0.2) is 42.5 Å². The highest BCUT2D eigenvalue weighted by Crippen LogP contribution is 2.25. The molecule has 2 rings (SSSR count). The molecule has 4 heteroatoms. The lowest BCUT2D eigenvalue weighted by Gasteiger charge is -2.23. The quantitative estimate of drug-likeness (QED) is 0.867. The van der Waals surface area contributed by atoms with Gasteiger partial charge in [0, 0.05) is 18.2 Å². The van der Waals surface area contributed by atoms with Crippen LogP contribution >= 0.6 is 0 Å². The van der Waals surface area contributed by atoms with E-state index in [2.05, 4.69) is 5.32 Å². The summed E-state index contributed by atoms with van der Waals surface area (Å²) < 4.78 is 26.3. The third-order valence-electron chi connectivity index (χ3n) is 3.48. The minimum Gasteiger partial charge on any atom is -0.505 e. The monoisotopic (exact) mass is 291 g/mol. The summed E-state index contributed by atoms with van der Waals surface area (Å²) >= 11 is 0. The Labute approximate surface area is 123 Å². The van der Waals surface area contributed by atoms with E-state index in [-0.39, 0.29) is 23.5 Å². The fourth-order valence-corrected chi connectivity index (χ4v) is 2.33. The van der Waals surface area contributed by atoms with Crippen LogP contribution in [0.4, 0.5) is 8.78 Å². The Morgan fingerprint density at radius 3 is 2.33 bits per heavy atom. The average Bonchev–Trinajstić information content (AvgIpc) is 2.45. The molecule has 0 amide bonds. The number of halogens is 2. The van der Waals surface area contributed by atoms with Gasteiger partial charge in [-0.05, 0) is 29.7 Å². The number of hydrogen-bond acceptors (Lipinski definition) is 2. The summed E-state index contributed by atoms with van der Waals surface area (Å²) in [6.07, 6.45) is 0. The lowest BCUT2D eigenvalue weighted by atomic mass is 9.95. The maximum absolute atomic E-state index is 13.3. The van der Waals surface area contributed by atoms with E-state index in [1.165, 1.54) is 18.2 Å². The second-order valence-corrected chi connectivity index (χ2v) is 5.40. The minimum absolute atomic E-state index is 0.00623. The first-order valence-corrected chi connectivity index (χ1v) is 6.94. The predicted molar refractivity (Wildman–Crippen MR) is 78.9 cm³/mol. The average molecular weight is 291 g/mol. The summed E-state index contributed by atoms with van der Waals surface area (Å²) in [5, 5.41) is 13.0. The van der Waals surface area contributed by atoms with Gasteiger partial charge in [0.15, 0.2) is 11.6 Å². The van der Waals surface area contributed by atoms with Gasteiger partial charge in [-0.1, -0.05) is 38.1 Å². The van der Waals surface area contributed by atoms with E-state index in [9.17, 15) is 13.9 Å². The van der Waals surface area contributed by atoms with Crippen molar-refractivity contribution in [2.24, 2.45) is 5.92 Å². The molecule has 0 radical (unpaired) electrons. The van der Waals surface area contributed by atoms with E-state index < -0.39 is 5.82 Å². The largest absolute Gasteiger partial charge is 0.505 e. The molecular weight excluding hydrogens is 272 g/mol. The molecule has 0 heterocycles. The van der Waals surface area contributed by atoms with Crippen LogP contribution in [0, 0.1) is 17.6 Å². The van der Waals surface area contributed by atoms with Crippen molar-refractivity contribution in [3.05, 3.63) is 65.2 Å². The maximum Gasteiger partial charge on any atom is 0.165 e. The van der Waals surface area contributed by atoms with Crippen LogP contribution in [-0.2, 0) is 6.54 Å². The normalized spacial score (nSPS) is 12.6. The number of nitrogens with one attached hydrogen (secondary N) is 1. The SMILES string of the molecule is CC(C)C(NCc1cccc(F)c1O)c1ccc(F)cc1. The van der Waals surface area contributed by atoms with Crippen molar-refractivity contribution in [1.82, 2.24) is 5.32 Å². The zero-order valence-electron chi connectivity index (χ0n) is 12.1. The first-order valence-electron chi connectivity index (χ1n) is 6.94. The summed E-state index contributed by atoms with van der Waals surface area (Å²) in [5.41, 5.74) is 1.46. The van der Waals surface area contributed by atoms with E-state index in [1.807, 2.05) is 13.8 Å². The molecule has 112 valence electrons. The molecule has 0 aliphatic heterocycles. The van der Waals surface area contributed by atoms with Gasteiger partial charge in [-0.2, -0.15) is 0 Å². The number of aromatic hydroxyl groups is 1. The van der Waals surface area contributed by atoms with E-state index in [0.717, 1.165) is 5.56 Å². The summed E-state index contributed by atoms with van der Waals surface area (Å²) in [6, 6.07) is 10.8. The van der Waals surface area contributed by atoms with Gasteiger partial charge < -0.3 is 10.4 Å². The summed E-state index contributed by atoms with van der Waals surface area (Å²) in [7, 11) is 0. The molecule has 0 aliphatic carbocycles. The van der Waals surface area contributed by atoms with Crippen LogP contribution in [0.5, 0.6) is 5.75 Å². The highest BCUT2D eigenvalue weighted by molar-refractivity contribution is 5.33. The Morgan fingerprint density at radius 2 is 1.71 bits per heavy atom. The number of phenolic OH excluding ortho intramolecular Hbond substituents is 1. The zero-order valence-corrected chi connectivity index (χ0v) is 12.1. The molecule has 0 saturated carbocycles. The molecule has 0 fully saturated rings. The molecule has 21 heavy (non-hydrogen) atoms. The molecule has 0 aromatic heterocycles. The predicted octanol–water partition coefficient (Wildman–Crippen LogP) is 4.16. The Morgan fingerprint density at radius 1 is 1.05 bits per heavy atom. The Hall–Kier alpha value is -1.94. The molecule has 2 nitrogen and oxygen atoms in total. The van der Waals surface area contributed by atoms with Crippen LogP contribution in [0.1, 0.15) is 31.0 Å². The van der Waals surface area contributed by atoms with E-state index in [0.29, 0.717) is 12.1 Å². The highest BCUT2D eigenvalue weighted by Gasteiger charge is 2.16. The number of para-hydroxylation sites is 1. The van der Waals surface area contributed by atoms with Crippen LogP contribution in [-0.4, -0.2) is 5.11 Å². The van der Waals surface area contributed by atoms with Crippen LogP contribution in [0.2, 0.25) is 0 Å². The first-order chi connectivity index (χ1) is 9.99. The summed E-state index contributed by atoms with van der Waals surface area (Å²) in [4.78, 5) is 0. The van der Waals surface area contributed by atoms with Gasteiger partial charge in [0.1, 0.15) is 5.82 Å². The Kier molecular flexibility index (Phi) is 4.91. The van der Waals surface area contributed by atoms with Gasteiger partial charge in [0.2, 0.25) is 0 Å². The highest BCUT2D eigenvalue weighted by atomic mass is 19.1. The topological polar surface area (TPSA) is 32.3 Å². The number of hydrogen-bond donors (Lipinski definition) is 2. The number of phenols is 1. The van der Waals surface area contributed by atoms with Crippen molar-refractivity contribution in [3.63, 3.8) is 0 Å². The molecule has 2 N–H and O–H groups in total. The van der Waals surface area contributed by atoms with Gasteiger partial charge in [0.25, 0.3) is 0 Å². The van der Waals surface area contributed by atoms with Gasteiger partial charge in [-0.3, -0.25) is 0 Å². The number of benzene rings is 2. The minimum atomic E-state index is -0.628. The smallest absolute Gasteiger partial charge is 0.165 e. The molecule has 0 spiro atoms. The molecule has 0 saturated heterocycles. The zero-order chi connectivity index (χ0) is 15.4. The fourth-order valence-electron chi connectivity index (χ4n) is 2.33. The van der Waals surface area contributed by atoms with Crippen LogP contribution in [0.25, 0.3) is 0 Å². The van der Waals surface area contributed by atoms with Crippen molar-refractivity contribution in [2.75, 3.05) is 0 Å². The molecule has 2 aromatic carbocycles. The molecule has 0 bridgehead atoms. The van der Waals surface area contributed by atoms with Gasteiger partial charge >= 0.3 is 0 Å². The molecule has 0 aliphatic rings. The third kappa shape index (κ3) is 3.79. The van der Waals surface area contributed by atoms with Crippen molar-refractivity contribution < 1.29 is 13.9 Å². The van der Waals surface area contributed by atoms with E-state index >= 15 is 0 Å². The van der Waals surface area contributed by atoms with Gasteiger partial charge in [-0.25, -0.2) is 8.78 Å². The van der Waals surface area contributed by atoms with Crippen molar-refractivity contribution in [1.29, 1.82) is 0 Å². The van der Waals surface area contributed by atoms with Crippen LogP contribution in [0.3, 0.4) is 0 Å². The second-order valence-electron chi connectivity index (χ2n) is 5.40. The fraction of sp³-hybridized carbons (Fsp3) is 0.294. The van der Waals surface area contributed by atoms with Gasteiger partial charge in [0.05, 0.1) is 0 Å². The van der Waals surface area contributed by atoms with E-state index in [4.69, 9.17) is 0 Å². The number of rotatable bonds is 5. The Balaban J connectivity index is 2.14. The lowest BCUT2D eigenvalue weighted by molar-refractivity contribution is 0.393. The molecule has 1 unspecified atom stereocenters. The summed E-state index contributed by atoms with van der Waals surface area (Å²) in [5.74, 6) is -0.959. The van der Waals surface area contributed by atoms with Crippen molar-refractivity contribution >= 4 is 0 Å².